The Morgan fingerprint density at radius 2 is 2.32 bits per heavy atom. The van der Waals surface area contributed by atoms with E-state index in [1.807, 2.05) is 37.6 Å². The Kier molecular flexibility index (Phi) is 5.53. The van der Waals surface area contributed by atoms with Crippen LogP contribution in [0.3, 0.4) is 0 Å². The lowest BCUT2D eigenvalue weighted by Gasteiger charge is -2.32. The maximum atomic E-state index is 12.3. The van der Waals surface area contributed by atoms with E-state index in [1.54, 1.807) is 6.26 Å². The van der Waals surface area contributed by atoms with E-state index in [0.29, 0.717) is 12.5 Å². The molecule has 2 aromatic rings. The van der Waals surface area contributed by atoms with Crippen molar-refractivity contribution in [2.45, 2.75) is 46.2 Å². The highest BCUT2D eigenvalue weighted by atomic mass is 16.3. The molecule has 3 heterocycles. The molecule has 136 valence electrons. The molecule has 0 aliphatic carbocycles. The third-order valence-corrected chi connectivity index (χ3v) is 4.71. The standard InChI is InChI=1S/C18H27N5O2/c1-13(17-7-5-9-25-17)19-18(24)12-22-8-4-6-16(10-22)11-23-15(3)20-14(2)21-23/h5,7,9,13,16H,4,6,8,10-12H2,1-3H3,(H,19,24). The number of nitrogens with one attached hydrogen (secondary N) is 1. The fourth-order valence-corrected chi connectivity index (χ4v) is 3.52. The van der Waals surface area contributed by atoms with Crippen molar-refractivity contribution in [3.63, 3.8) is 0 Å². The van der Waals surface area contributed by atoms with Gasteiger partial charge >= 0.3 is 0 Å². The van der Waals surface area contributed by atoms with Crippen LogP contribution >= 0.6 is 0 Å². The van der Waals surface area contributed by atoms with E-state index >= 15 is 0 Å². The number of hydrogen-bond acceptors (Lipinski definition) is 5. The van der Waals surface area contributed by atoms with Gasteiger partial charge in [0, 0.05) is 13.1 Å². The van der Waals surface area contributed by atoms with Crippen LogP contribution < -0.4 is 5.32 Å². The second-order valence-electron chi connectivity index (χ2n) is 6.94. The van der Waals surface area contributed by atoms with Crippen molar-refractivity contribution in [1.82, 2.24) is 25.0 Å². The zero-order valence-electron chi connectivity index (χ0n) is 15.2. The van der Waals surface area contributed by atoms with Gasteiger partial charge in [-0.25, -0.2) is 9.67 Å². The molecule has 7 nitrogen and oxygen atoms in total. The molecule has 2 aromatic heterocycles. The van der Waals surface area contributed by atoms with Crippen LogP contribution in [-0.2, 0) is 11.3 Å². The summed E-state index contributed by atoms with van der Waals surface area (Å²) in [7, 11) is 0. The number of nitrogens with zero attached hydrogens (tertiary/aromatic N) is 4. The summed E-state index contributed by atoms with van der Waals surface area (Å²) >= 11 is 0. The lowest BCUT2D eigenvalue weighted by atomic mass is 9.98. The van der Waals surface area contributed by atoms with Crippen molar-refractivity contribution in [2.75, 3.05) is 19.6 Å². The second kappa shape index (κ2) is 7.82. The van der Waals surface area contributed by atoms with Crippen molar-refractivity contribution < 1.29 is 9.21 Å². The summed E-state index contributed by atoms with van der Waals surface area (Å²) in [6.07, 6.45) is 3.90. The molecule has 0 aromatic carbocycles. The molecule has 0 bridgehead atoms. The number of likely N-dealkylation sites (tertiary alicyclic amines) is 1. The quantitative estimate of drug-likeness (QED) is 0.867. The summed E-state index contributed by atoms with van der Waals surface area (Å²) in [5.41, 5.74) is 0. The van der Waals surface area contributed by atoms with Gasteiger partial charge in [-0.3, -0.25) is 9.69 Å². The van der Waals surface area contributed by atoms with Gasteiger partial charge in [0.1, 0.15) is 17.4 Å². The molecule has 7 heteroatoms. The molecule has 2 atom stereocenters. The van der Waals surface area contributed by atoms with E-state index < -0.39 is 0 Å². The SMILES string of the molecule is Cc1nc(C)n(CC2CCCN(CC(=O)NC(C)c3ccco3)C2)n1. The van der Waals surface area contributed by atoms with Gasteiger partial charge in [0.25, 0.3) is 0 Å². The molecule has 25 heavy (non-hydrogen) atoms. The summed E-state index contributed by atoms with van der Waals surface area (Å²) < 4.78 is 7.33. The van der Waals surface area contributed by atoms with Gasteiger partial charge in [0.15, 0.2) is 0 Å². The number of carbonyl (C=O) groups excluding carboxylic acids is 1. The van der Waals surface area contributed by atoms with Crippen LogP contribution in [0, 0.1) is 19.8 Å². The highest BCUT2D eigenvalue weighted by molar-refractivity contribution is 5.78. The van der Waals surface area contributed by atoms with E-state index in [-0.39, 0.29) is 11.9 Å². The van der Waals surface area contributed by atoms with Gasteiger partial charge < -0.3 is 9.73 Å². The smallest absolute Gasteiger partial charge is 0.234 e. The maximum absolute atomic E-state index is 12.3. The van der Waals surface area contributed by atoms with Crippen molar-refractivity contribution in [3.8, 4) is 0 Å². The summed E-state index contributed by atoms with van der Waals surface area (Å²) in [5.74, 6) is 3.10. The van der Waals surface area contributed by atoms with Crippen LogP contribution in [0.5, 0.6) is 0 Å². The Hall–Kier alpha value is -2.15. The predicted octanol–water partition coefficient (Wildman–Crippen LogP) is 2.08. The average molecular weight is 345 g/mol. The highest BCUT2D eigenvalue weighted by Crippen LogP contribution is 2.19. The van der Waals surface area contributed by atoms with E-state index in [9.17, 15) is 4.79 Å². The Morgan fingerprint density at radius 1 is 1.48 bits per heavy atom. The number of aromatic nitrogens is 3. The van der Waals surface area contributed by atoms with E-state index in [2.05, 4.69) is 20.3 Å². The predicted molar refractivity (Wildman–Crippen MR) is 93.9 cm³/mol. The maximum Gasteiger partial charge on any atom is 0.234 e. The lowest BCUT2D eigenvalue weighted by Crippen LogP contribution is -2.43. The fraction of sp³-hybridized carbons (Fsp3) is 0.611. The van der Waals surface area contributed by atoms with Crippen LogP contribution in [-0.4, -0.2) is 45.2 Å². The van der Waals surface area contributed by atoms with Gasteiger partial charge in [-0.1, -0.05) is 0 Å². The molecule has 0 saturated carbocycles. The van der Waals surface area contributed by atoms with Crippen LogP contribution in [0.2, 0.25) is 0 Å². The number of furan rings is 1. The highest BCUT2D eigenvalue weighted by Gasteiger charge is 2.23. The Labute approximate surface area is 148 Å². The Morgan fingerprint density at radius 3 is 3.00 bits per heavy atom. The number of aryl methyl sites for hydroxylation is 2. The van der Waals surface area contributed by atoms with Gasteiger partial charge in [0.05, 0.1) is 18.8 Å². The monoisotopic (exact) mass is 345 g/mol. The Bertz CT molecular complexity index is 694. The van der Waals surface area contributed by atoms with E-state index in [1.165, 1.54) is 6.42 Å². The van der Waals surface area contributed by atoms with Crippen molar-refractivity contribution in [3.05, 3.63) is 35.8 Å². The summed E-state index contributed by atoms with van der Waals surface area (Å²) in [5, 5.41) is 7.46. The van der Waals surface area contributed by atoms with Crippen molar-refractivity contribution in [2.24, 2.45) is 5.92 Å². The topological polar surface area (TPSA) is 76.2 Å². The number of hydrogen-bond donors (Lipinski definition) is 1. The molecule has 2 unspecified atom stereocenters. The fourth-order valence-electron chi connectivity index (χ4n) is 3.52. The molecule has 1 aliphatic heterocycles. The first-order chi connectivity index (χ1) is 12.0. The van der Waals surface area contributed by atoms with Gasteiger partial charge in [-0.2, -0.15) is 5.10 Å². The zero-order chi connectivity index (χ0) is 17.8. The first kappa shape index (κ1) is 17.7. The molecule has 3 rings (SSSR count). The summed E-state index contributed by atoms with van der Waals surface area (Å²) in [4.78, 5) is 18.9. The van der Waals surface area contributed by atoms with Gasteiger partial charge in [-0.05, 0) is 58.2 Å². The second-order valence-corrected chi connectivity index (χ2v) is 6.94. The summed E-state index contributed by atoms with van der Waals surface area (Å²) in [6.45, 7) is 9.02. The van der Waals surface area contributed by atoms with E-state index in [0.717, 1.165) is 43.5 Å². The molecule has 1 fully saturated rings. The largest absolute Gasteiger partial charge is 0.467 e. The average Bonchev–Trinajstić information content (AvgIpc) is 3.18. The van der Waals surface area contributed by atoms with Crippen molar-refractivity contribution >= 4 is 5.91 Å². The van der Waals surface area contributed by atoms with Crippen LogP contribution in [0.25, 0.3) is 0 Å². The first-order valence-corrected chi connectivity index (χ1v) is 8.94. The minimum Gasteiger partial charge on any atom is -0.467 e. The normalized spacial score (nSPS) is 19.7. The molecule has 1 amide bonds. The number of carbonyl (C=O) groups is 1. The molecule has 0 spiro atoms. The molecular formula is C18H27N5O2. The minimum absolute atomic E-state index is 0.0392. The number of rotatable bonds is 6. The van der Waals surface area contributed by atoms with Gasteiger partial charge in [0.2, 0.25) is 5.91 Å². The molecule has 0 radical (unpaired) electrons. The summed E-state index contributed by atoms with van der Waals surface area (Å²) in [6, 6.07) is 3.61. The third kappa shape index (κ3) is 4.69. The molecule has 1 saturated heterocycles. The Balaban J connectivity index is 1.49. The minimum atomic E-state index is -0.108. The third-order valence-electron chi connectivity index (χ3n) is 4.71. The van der Waals surface area contributed by atoms with Crippen LogP contribution in [0.15, 0.2) is 22.8 Å². The molecule has 1 N–H and O–H groups in total. The van der Waals surface area contributed by atoms with E-state index in [4.69, 9.17) is 4.42 Å². The zero-order valence-corrected chi connectivity index (χ0v) is 15.2. The molecular weight excluding hydrogens is 318 g/mol. The first-order valence-electron chi connectivity index (χ1n) is 8.94. The number of amides is 1. The van der Waals surface area contributed by atoms with Gasteiger partial charge in [-0.15, -0.1) is 0 Å². The van der Waals surface area contributed by atoms with Crippen LogP contribution in [0.1, 0.15) is 43.2 Å². The molecule has 1 aliphatic rings. The number of piperidine rings is 1. The van der Waals surface area contributed by atoms with Crippen LogP contribution in [0.4, 0.5) is 0 Å². The lowest BCUT2D eigenvalue weighted by molar-refractivity contribution is -0.123. The van der Waals surface area contributed by atoms with Crippen molar-refractivity contribution in [1.29, 1.82) is 0 Å².